The van der Waals surface area contributed by atoms with E-state index in [1.54, 1.807) is 31.4 Å². The minimum absolute atomic E-state index is 0.00480. The Morgan fingerprint density at radius 2 is 2.00 bits per heavy atom. The largest absolute Gasteiger partial charge is 0.497 e. The summed E-state index contributed by atoms with van der Waals surface area (Å²) in [7, 11) is 1.54. The monoisotopic (exact) mass is 263 g/mol. The van der Waals surface area contributed by atoms with Crippen LogP contribution in [0.15, 0.2) is 24.3 Å². The third-order valence-corrected chi connectivity index (χ3v) is 3.22. The summed E-state index contributed by atoms with van der Waals surface area (Å²) in [6, 6.07) is 6.97. The van der Waals surface area contributed by atoms with E-state index in [-0.39, 0.29) is 18.4 Å². The van der Waals surface area contributed by atoms with Crippen molar-refractivity contribution in [2.75, 3.05) is 13.7 Å². The van der Waals surface area contributed by atoms with Crippen LogP contribution in [-0.4, -0.2) is 35.5 Å². The van der Waals surface area contributed by atoms with E-state index in [9.17, 15) is 14.7 Å². The van der Waals surface area contributed by atoms with Gasteiger partial charge in [0.05, 0.1) is 19.8 Å². The van der Waals surface area contributed by atoms with Gasteiger partial charge in [-0.1, -0.05) is 12.1 Å². The van der Waals surface area contributed by atoms with Crippen molar-refractivity contribution in [3.63, 3.8) is 0 Å². The molecule has 1 aromatic carbocycles. The smallest absolute Gasteiger partial charge is 0.229 e. The molecule has 0 aromatic heterocycles. The van der Waals surface area contributed by atoms with Gasteiger partial charge < -0.3 is 9.84 Å². The van der Waals surface area contributed by atoms with Crippen molar-refractivity contribution in [1.82, 2.24) is 4.90 Å². The van der Waals surface area contributed by atoms with Crippen LogP contribution in [0.2, 0.25) is 0 Å². The molecule has 1 unspecified atom stereocenters. The molecule has 0 saturated carbocycles. The Bertz CT molecular complexity index is 470. The number of imide groups is 1. The van der Waals surface area contributed by atoms with Gasteiger partial charge in [0.1, 0.15) is 5.75 Å². The van der Waals surface area contributed by atoms with Gasteiger partial charge in [0.15, 0.2) is 0 Å². The Balaban J connectivity index is 2.09. The molecule has 1 saturated heterocycles. The molecule has 1 N–H and O–H groups in total. The zero-order valence-electron chi connectivity index (χ0n) is 10.8. The number of aliphatic hydroxyl groups is 1. The fourth-order valence-electron chi connectivity index (χ4n) is 2.13. The van der Waals surface area contributed by atoms with Crippen molar-refractivity contribution in [2.45, 2.75) is 25.4 Å². The number of ether oxygens (including phenoxy) is 1. The van der Waals surface area contributed by atoms with Gasteiger partial charge in [-0.3, -0.25) is 14.5 Å². The second kappa shape index (κ2) is 5.84. The van der Waals surface area contributed by atoms with E-state index in [0.29, 0.717) is 30.6 Å². The Hall–Kier alpha value is -1.88. The second-order valence-corrected chi connectivity index (χ2v) is 4.54. The summed E-state index contributed by atoms with van der Waals surface area (Å²) in [5.74, 6) is 0.212. The number of β-amino-alcohol motifs (C(OH)–C–C–N with tert-alkyl or cyclic N) is 1. The molecule has 5 nitrogen and oxygen atoms in total. The van der Waals surface area contributed by atoms with Gasteiger partial charge in [-0.05, 0) is 24.1 Å². The maximum atomic E-state index is 11.7. The van der Waals surface area contributed by atoms with Gasteiger partial charge in [-0.15, -0.1) is 0 Å². The summed E-state index contributed by atoms with van der Waals surface area (Å²) in [6.45, 7) is 0.00480. The average Bonchev–Trinajstić information content (AvgIpc) is 2.43. The van der Waals surface area contributed by atoms with Crippen LogP contribution in [0.25, 0.3) is 0 Å². The minimum atomic E-state index is -0.888. The van der Waals surface area contributed by atoms with Crippen molar-refractivity contribution >= 4 is 11.8 Å². The van der Waals surface area contributed by atoms with Crippen LogP contribution in [0.5, 0.6) is 5.75 Å². The van der Waals surface area contributed by atoms with Gasteiger partial charge in [-0.25, -0.2) is 0 Å². The summed E-state index contributed by atoms with van der Waals surface area (Å²) >= 11 is 0. The van der Waals surface area contributed by atoms with E-state index in [4.69, 9.17) is 4.74 Å². The molecule has 2 rings (SSSR count). The molecule has 0 spiro atoms. The van der Waals surface area contributed by atoms with Gasteiger partial charge in [-0.2, -0.15) is 0 Å². The van der Waals surface area contributed by atoms with Crippen molar-refractivity contribution in [2.24, 2.45) is 0 Å². The lowest BCUT2D eigenvalue weighted by atomic mass is 10.1. The molecule has 0 radical (unpaired) electrons. The highest BCUT2D eigenvalue weighted by molar-refractivity contribution is 5.97. The summed E-state index contributed by atoms with van der Waals surface area (Å²) in [5, 5.41) is 10.1. The second-order valence-electron chi connectivity index (χ2n) is 4.54. The zero-order valence-corrected chi connectivity index (χ0v) is 10.8. The number of rotatable bonds is 4. The number of aliphatic hydroxyl groups excluding tert-OH is 1. The van der Waals surface area contributed by atoms with Crippen LogP contribution >= 0.6 is 0 Å². The lowest BCUT2D eigenvalue weighted by Crippen LogP contribution is -2.42. The first-order valence-electron chi connectivity index (χ1n) is 6.27. The first-order valence-corrected chi connectivity index (χ1v) is 6.27. The highest BCUT2D eigenvalue weighted by atomic mass is 16.5. The van der Waals surface area contributed by atoms with Crippen molar-refractivity contribution < 1.29 is 19.4 Å². The van der Waals surface area contributed by atoms with Crippen LogP contribution in [0.3, 0.4) is 0 Å². The highest BCUT2D eigenvalue weighted by Crippen LogP contribution is 2.22. The molecule has 0 bridgehead atoms. The first kappa shape index (κ1) is 13.5. The molecule has 2 amide bonds. The first-order chi connectivity index (χ1) is 9.11. The molecule has 102 valence electrons. The fourth-order valence-corrected chi connectivity index (χ4v) is 2.13. The maximum absolute atomic E-state index is 11.7. The number of amides is 2. The summed E-state index contributed by atoms with van der Waals surface area (Å²) in [5.41, 5.74) is 0.630. The summed E-state index contributed by atoms with van der Waals surface area (Å²) in [4.78, 5) is 24.5. The van der Waals surface area contributed by atoms with E-state index < -0.39 is 6.10 Å². The van der Waals surface area contributed by atoms with Gasteiger partial charge in [0.25, 0.3) is 0 Å². The topological polar surface area (TPSA) is 66.8 Å². The van der Waals surface area contributed by atoms with Gasteiger partial charge in [0, 0.05) is 12.8 Å². The predicted octanol–water partition coefficient (Wildman–Crippen LogP) is 1.27. The fraction of sp³-hybridized carbons (Fsp3) is 0.429. The van der Waals surface area contributed by atoms with E-state index in [2.05, 4.69) is 0 Å². The maximum Gasteiger partial charge on any atom is 0.229 e. The number of piperidine rings is 1. The quantitative estimate of drug-likeness (QED) is 0.831. The van der Waals surface area contributed by atoms with E-state index >= 15 is 0 Å². The van der Waals surface area contributed by atoms with E-state index in [1.165, 1.54) is 0 Å². The Kier molecular flexibility index (Phi) is 4.16. The molecule has 19 heavy (non-hydrogen) atoms. The third-order valence-electron chi connectivity index (χ3n) is 3.22. The molecular formula is C14H17NO4. The number of carbonyl (C=O) groups excluding carboxylic acids is 2. The average molecular weight is 263 g/mol. The number of nitrogens with zero attached hydrogens (tertiary/aromatic N) is 1. The van der Waals surface area contributed by atoms with Gasteiger partial charge >= 0.3 is 0 Å². The van der Waals surface area contributed by atoms with E-state index in [1.807, 2.05) is 0 Å². The lowest BCUT2D eigenvalue weighted by Gasteiger charge is -2.27. The summed E-state index contributed by atoms with van der Waals surface area (Å²) < 4.78 is 5.08. The molecule has 0 aliphatic carbocycles. The van der Waals surface area contributed by atoms with Crippen LogP contribution < -0.4 is 4.74 Å². The number of hydrogen-bond acceptors (Lipinski definition) is 4. The number of methoxy groups -OCH3 is 1. The zero-order chi connectivity index (χ0) is 13.8. The molecular weight excluding hydrogens is 246 g/mol. The molecule has 5 heteroatoms. The van der Waals surface area contributed by atoms with Crippen LogP contribution in [0.4, 0.5) is 0 Å². The van der Waals surface area contributed by atoms with Crippen molar-refractivity contribution in [1.29, 1.82) is 0 Å². The van der Waals surface area contributed by atoms with Gasteiger partial charge in [0.2, 0.25) is 11.8 Å². The molecule has 1 aliphatic rings. The minimum Gasteiger partial charge on any atom is -0.497 e. The Morgan fingerprint density at radius 1 is 1.32 bits per heavy atom. The van der Waals surface area contributed by atoms with Crippen molar-refractivity contribution in [3.8, 4) is 5.75 Å². The van der Waals surface area contributed by atoms with Crippen molar-refractivity contribution in [3.05, 3.63) is 29.8 Å². The molecule has 1 aromatic rings. The number of carbonyl (C=O) groups is 2. The predicted molar refractivity (Wildman–Crippen MR) is 68.5 cm³/mol. The van der Waals surface area contributed by atoms with Crippen LogP contribution in [-0.2, 0) is 9.59 Å². The third kappa shape index (κ3) is 3.12. The summed E-state index contributed by atoms with van der Waals surface area (Å²) in [6.07, 6.45) is 0.456. The normalized spacial score (nSPS) is 17.5. The molecule has 1 fully saturated rings. The Morgan fingerprint density at radius 3 is 2.63 bits per heavy atom. The van der Waals surface area contributed by atoms with Crippen LogP contribution in [0, 0.1) is 0 Å². The molecule has 1 heterocycles. The Labute approximate surface area is 111 Å². The van der Waals surface area contributed by atoms with E-state index in [0.717, 1.165) is 4.90 Å². The lowest BCUT2D eigenvalue weighted by molar-refractivity contribution is -0.149. The number of hydrogen-bond donors (Lipinski definition) is 1. The van der Waals surface area contributed by atoms with Crippen LogP contribution in [0.1, 0.15) is 30.9 Å². The standard InChI is InChI=1S/C14H17NO4/c1-19-11-5-2-4-10(8-11)12(16)9-15-13(17)6-3-7-14(15)18/h2,4-5,8,12,16H,3,6-7,9H2,1H3. The molecule has 1 aliphatic heterocycles. The molecule has 1 atom stereocenters. The highest BCUT2D eigenvalue weighted by Gasteiger charge is 2.28. The number of benzene rings is 1. The number of likely N-dealkylation sites (tertiary alicyclic amines) is 1. The SMILES string of the molecule is COc1cccc(C(O)CN2C(=O)CCCC2=O)c1.